The quantitative estimate of drug-likeness (QED) is 0.632. The number of rotatable bonds is 6. The summed E-state index contributed by atoms with van der Waals surface area (Å²) in [5.41, 5.74) is -0.583. The van der Waals surface area contributed by atoms with Crippen molar-refractivity contribution in [3.8, 4) is 0 Å². The summed E-state index contributed by atoms with van der Waals surface area (Å²) in [5.74, 6) is -1.89. The van der Waals surface area contributed by atoms with Gasteiger partial charge in [0.1, 0.15) is 0 Å². The van der Waals surface area contributed by atoms with Crippen LogP contribution in [0.15, 0.2) is 36.4 Å². The Balaban J connectivity index is 2.77. The molecule has 1 atom stereocenters. The number of benzene rings is 1. The zero-order valence-electron chi connectivity index (χ0n) is 11.1. The number of carboxylic acid groups (broad SMARTS) is 1. The van der Waals surface area contributed by atoms with Crippen LogP contribution in [0.2, 0.25) is 0 Å². The van der Waals surface area contributed by atoms with Gasteiger partial charge in [-0.25, -0.2) is 0 Å². The van der Waals surface area contributed by atoms with E-state index in [2.05, 4.69) is 0 Å². The van der Waals surface area contributed by atoms with Crippen LogP contribution in [0.1, 0.15) is 25.8 Å². The highest BCUT2D eigenvalue weighted by molar-refractivity contribution is 5.98. The Labute approximate surface area is 112 Å². The summed E-state index contributed by atoms with van der Waals surface area (Å²) in [6, 6.07) is 9.48. The molecular formula is C15H18O4. The van der Waals surface area contributed by atoms with Crippen molar-refractivity contribution in [1.29, 1.82) is 0 Å². The Morgan fingerprint density at radius 3 is 2.47 bits per heavy atom. The Kier molecular flexibility index (Phi) is 5.30. The molecule has 0 spiro atoms. The molecule has 0 saturated carbocycles. The third-order valence-electron chi connectivity index (χ3n) is 2.83. The maximum atomic E-state index is 11.7. The number of carbonyl (C=O) groups is 2. The molecule has 4 heteroatoms. The van der Waals surface area contributed by atoms with Gasteiger partial charge in [-0.3, -0.25) is 9.59 Å². The molecule has 0 fully saturated rings. The van der Waals surface area contributed by atoms with E-state index in [9.17, 15) is 14.7 Å². The normalized spacial score (nSPS) is 14.0. The predicted octanol–water partition coefficient (Wildman–Crippen LogP) is 2.74. The Morgan fingerprint density at radius 1 is 1.32 bits per heavy atom. The van der Waals surface area contributed by atoms with Gasteiger partial charge in [-0.15, -0.1) is 0 Å². The molecule has 0 aromatic heterocycles. The van der Waals surface area contributed by atoms with Gasteiger partial charge in [-0.1, -0.05) is 42.5 Å². The topological polar surface area (TPSA) is 63.6 Å². The molecule has 0 saturated heterocycles. The van der Waals surface area contributed by atoms with Gasteiger partial charge in [0.2, 0.25) is 0 Å². The smallest absolute Gasteiger partial charge is 0.323 e. The van der Waals surface area contributed by atoms with Crippen LogP contribution in [0.3, 0.4) is 0 Å². The predicted molar refractivity (Wildman–Crippen MR) is 72.5 cm³/mol. The fourth-order valence-electron chi connectivity index (χ4n) is 1.54. The Morgan fingerprint density at radius 2 is 1.95 bits per heavy atom. The lowest BCUT2D eigenvalue weighted by Gasteiger charge is -2.20. The van der Waals surface area contributed by atoms with E-state index in [-0.39, 0.29) is 13.0 Å². The lowest BCUT2D eigenvalue weighted by molar-refractivity contribution is -0.166. The second-order valence-electron chi connectivity index (χ2n) is 4.37. The SMILES string of the molecule is CCOC(=O)C(C)(C/C=C/c1ccccc1)C(=O)O. The third kappa shape index (κ3) is 3.95. The Bertz CT molecular complexity index is 464. The van der Waals surface area contributed by atoms with Crippen molar-refractivity contribution in [3.05, 3.63) is 42.0 Å². The second-order valence-corrected chi connectivity index (χ2v) is 4.37. The summed E-state index contributed by atoms with van der Waals surface area (Å²) in [4.78, 5) is 23.0. The summed E-state index contributed by atoms with van der Waals surface area (Å²) in [7, 11) is 0. The van der Waals surface area contributed by atoms with Gasteiger partial charge in [-0.2, -0.15) is 0 Å². The fourth-order valence-corrected chi connectivity index (χ4v) is 1.54. The summed E-state index contributed by atoms with van der Waals surface area (Å²) >= 11 is 0. The number of hydrogen-bond donors (Lipinski definition) is 1. The number of hydrogen-bond acceptors (Lipinski definition) is 3. The first-order valence-electron chi connectivity index (χ1n) is 6.13. The first-order valence-corrected chi connectivity index (χ1v) is 6.13. The van der Waals surface area contributed by atoms with Crippen LogP contribution in [-0.2, 0) is 14.3 Å². The highest BCUT2D eigenvalue weighted by atomic mass is 16.5. The summed E-state index contributed by atoms with van der Waals surface area (Å²) in [6.07, 6.45) is 3.57. The van der Waals surface area contributed by atoms with E-state index in [4.69, 9.17) is 4.74 Å². The van der Waals surface area contributed by atoms with Crippen LogP contribution in [-0.4, -0.2) is 23.7 Å². The van der Waals surface area contributed by atoms with Crippen LogP contribution in [0, 0.1) is 5.41 Å². The number of esters is 1. The van der Waals surface area contributed by atoms with E-state index in [1.165, 1.54) is 6.92 Å². The number of allylic oxidation sites excluding steroid dienone is 1. The average Bonchev–Trinajstić information content (AvgIpc) is 2.39. The molecule has 1 rings (SSSR count). The summed E-state index contributed by atoms with van der Waals surface area (Å²) < 4.78 is 4.82. The van der Waals surface area contributed by atoms with E-state index in [0.29, 0.717) is 0 Å². The highest BCUT2D eigenvalue weighted by Gasteiger charge is 2.41. The monoisotopic (exact) mass is 262 g/mol. The van der Waals surface area contributed by atoms with Crippen LogP contribution in [0.4, 0.5) is 0 Å². The van der Waals surface area contributed by atoms with Crippen LogP contribution >= 0.6 is 0 Å². The van der Waals surface area contributed by atoms with Crippen molar-refractivity contribution < 1.29 is 19.4 Å². The zero-order valence-corrected chi connectivity index (χ0v) is 11.1. The fraction of sp³-hybridized carbons (Fsp3) is 0.333. The van der Waals surface area contributed by atoms with Crippen LogP contribution < -0.4 is 0 Å². The maximum Gasteiger partial charge on any atom is 0.323 e. The number of ether oxygens (including phenoxy) is 1. The van der Waals surface area contributed by atoms with Gasteiger partial charge in [0.25, 0.3) is 0 Å². The molecule has 1 aromatic carbocycles. The van der Waals surface area contributed by atoms with E-state index in [0.717, 1.165) is 5.56 Å². The molecule has 19 heavy (non-hydrogen) atoms. The molecule has 0 aliphatic heterocycles. The number of carboxylic acids is 1. The van der Waals surface area contributed by atoms with Crippen LogP contribution in [0.5, 0.6) is 0 Å². The van der Waals surface area contributed by atoms with E-state index in [1.807, 2.05) is 30.3 Å². The Hall–Kier alpha value is -2.10. The number of carbonyl (C=O) groups excluding carboxylic acids is 1. The summed E-state index contributed by atoms with van der Waals surface area (Å²) in [6.45, 7) is 3.20. The van der Waals surface area contributed by atoms with E-state index < -0.39 is 17.4 Å². The molecule has 0 bridgehead atoms. The zero-order chi connectivity index (χ0) is 14.3. The van der Waals surface area contributed by atoms with Crippen molar-refractivity contribution in [2.24, 2.45) is 5.41 Å². The first kappa shape index (κ1) is 15.0. The molecule has 0 heterocycles. The first-order chi connectivity index (χ1) is 9.00. The molecule has 4 nitrogen and oxygen atoms in total. The minimum Gasteiger partial charge on any atom is -0.480 e. The average molecular weight is 262 g/mol. The van der Waals surface area contributed by atoms with Gasteiger partial charge >= 0.3 is 11.9 Å². The molecule has 0 aliphatic carbocycles. The third-order valence-corrected chi connectivity index (χ3v) is 2.83. The largest absolute Gasteiger partial charge is 0.480 e. The second kappa shape index (κ2) is 6.73. The van der Waals surface area contributed by atoms with Gasteiger partial charge in [0, 0.05) is 0 Å². The van der Waals surface area contributed by atoms with Gasteiger partial charge < -0.3 is 9.84 Å². The van der Waals surface area contributed by atoms with Crippen molar-refractivity contribution in [1.82, 2.24) is 0 Å². The summed E-state index contributed by atoms with van der Waals surface area (Å²) in [5, 5.41) is 9.19. The van der Waals surface area contributed by atoms with E-state index >= 15 is 0 Å². The highest BCUT2D eigenvalue weighted by Crippen LogP contribution is 2.25. The van der Waals surface area contributed by atoms with Crippen LogP contribution in [0.25, 0.3) is 6.08 Å². The van der Waals surface area contributed by atoms with Gasteiger partial charge in [0.05, 0.1) is 6.61 Å². The number of aliphatic carboxylic acids is 1. The lowest BCUT2D eigenvalue weighted by atomic mass is 9.86. The molecule has 1 aromatic rings. The molecule has 0 amide bonds. The van der Waals surface area contributed by atoms with Crippen molar-refractivity contribution in [3.63, 3.8) is 0 Å². The maximum absolute atomic E-state index is 11.7. The minimum absolute atomic E-state index is 0.0933. The standard InChI is InChI=1S/C15H18O4/c1-3-19-14(18)15(2,13(16)17)11-7-10-12-8-5-4-6-9-12/h4-10H,3,11H2,1-2H3,(H,16,17)/b10-7+. The molecule has 0 radical (unpaired) electrons. The minimum atomic E-state index is -1.54. The van der Waals surface area contributed by atoms with Crippen molar-refractivity contribution >= 4 is 18.0 Å². The van der Waals surface area contributed by atoms with Crippen molar-refractivity contribution in [2.75, 3.05) is 6.61 Å². The lowest BCUT2D eigenvalue weighted by Crippen LogP contribution is -2.37. The van der Waals surface area contributed by atoms with Gasteiger partial charge in [0.15, 0.2) is 5.41 Å². The van der Waals surface area contributed by atoms with Crippen molar-refractivity contribution in [2.45, 2.75) is 20.3 Å². The molecule has 0 aliphatic rings. The molecule has 102 valence electrons. The molecule has 1 unspecified atom stereocenters. The molecular weight excluding hydrogens is 244 g/mol. The van der Waals surface area contributed by atoms with E-state index in [1.54, 1.807) is 19.1 Å². The van der Waals surface area contributed by atoms with Gasteiger partial charge in [-0.05, 0) is 25.8 Å². The molecule has 1 N–H and O–H groups in total.